The zero-order valence-electron chi connectivity index (χ0n) is 7.33. The van der Waals surface area contributed by atoms with Gasteiger partial charge in [-0.3, -0.25) is 4.99 Å². The molecule has 13 heavy (non-hydrogen) atoms. The van der Waals surface area contributed by atoms with Gasteiger partial charge in [-0.1, -0.05) is 0 Å². The van der Waals surface area contributed by atoms with Crippen molar-refractivity contribution in [2.24, 2.45) is 10.7 Å². The highest BCUT2D eigenvalue weighted by Gasteiger charge is 1.96. The van der Waals surface area contributed by atoms with E-state index in [9.17, 15) is 4.39 Å². The van der Waals surface area contributed by atoms with Crippen LogP contribution in [0.2, 0.25) is 0 Å². The van der Waals surface area contributed by atoms with Crippen molar-refractivity contribution in [3.63, 3.8) is 0 Å². The Hall–Kier alpha value is -1.03. The van der Waals surface area contributed by atoms with E-state index in [1.807, 2.05) is 0 Å². The number of benzene rings is 1. The van der Waals surface area contributed by atoms with Crippen LogP contribution in [-0.2, 0) is 0 Å². The largest absolute Gasteiger partial charge is 0.387 e. The van der Waals surface area contributed by atoms with E-state index >= 15 is 0 Å². The Morgan fingerprint density at radius 3 is 2.62 bits per heavy atom. The van der Waals surface area contributed by atoms with Crippen LogP contribution in [0.3, 0.4) is 0 Å². The van der Waals surface area contributed by atoms with Crippen molar-refractivity contribution in [3.05, 3.63) is 30.1 Å². The first-order valence-corrected chi connectivity index (χ1v) is 4.80. The van der Waals surface area contributed by atoms with E-state index in [-0.39, 0.29) is 5.82 Å². The summed E-state index contributed by atoms with van der Waals surface area (Å²) in [6, 6.07) is 6.31. The maximum atomic E-state index is 12.5. The minimum atomic E-state index is -0.221. The van der Waals surface area contributed by atoms with E-state index < -0.39 is 0 Å². The van der Waals surface area contributed by atoms with Crippen LogP contribution in [0.5, 0.6) is 0 Å². The van der Waals surface area contributed by atoms with Gasteiger partial charge in [0.25, 0.3) is 0 Å². The molecule has 1 rings (SSSR count). The van der Waals surface area contributed by atoms with E-state index in [0.717, 1.165) is 4.90 Å². The summed E-state index contributed by atoms with van der Waals surface area (Å²) in [7, 11) is 1.65. The molecule has 2 nitrogen and oxygen atoms in total. The standard InChI is InChI=1S/C9H11FN2S/c1-12-9(11)6-13-8-4-2-7(10)3-5-8/h2-5H,6H2,1H3,(H2,11,12). The van der Waals surface area contributed by atoms with Gasteiger partial charge in [0, 0.05) is 11.9 Å². The molecule has 0 atom stereocenters. The molecule has 2 N–H and O–H groups in total. The van der Waals surface area contributed by atoms with Crippen LogP contribution >= 0.6 is 11.8 Å². The van der Waals surface area contributed by atoms with Crippen LogP contribution in [0, 0.1) is 5.82 Å². The van der Waals surface area contributed by atoms with Gasteiger partial charge in [0.1, 0.15) is 11.7 Å². The van der Waals surface area contributed by atoms with Gasteiger partial charge in [-0.2, -0.15) is 0 Å². The molecule has 0 spiro atoms. The highest BCUT2D eigenvalue weighted by molar-refractivity contribution is 8.00. The SMILES string of the molecule is CN=C(N)CSc1ccc(F)cc1. The molecule has 0 bridgehead atoms. The summed E-state index contributed by atoms with van der Waals surface area (Å²) in [4.78, 5) is 4.81. The van der Waals surface area contributed by atoms with Gasteiger partial charge in [0.05, 0.1) is 5.75 Å². The Labute approximate surface area is 81.1 Å². The Morgan fingerprint density at radius 1 is 1.46 bits per heavy atom. The fraction of sp³-hybridized carbons (Fsp3) is 0.222. The lowest BCUT2D eigenvalue weighted by molar-refractivity contribution is 0.626. The average molecular weight is 198 g/mol. The predicted molar refractivity (Wildman–Crippen MR) is 54.7 cm³/mol. The summed E-state index contributed by atoms with van der Waals surface area (Å²) >= 11 is 1.54. The molecule has 0 radical (unpaired) electrons. The molecule has 0 saturated heterocycles. The van der Waals surface area contributed by atoms with Crippen LogP contribution < -0.4 is 5.73 Å². The number of rotatable bonds is 3. The Kier molecular flexibility index (Phi) is 3.76. The van der Waals surface area contributed by atoms with Crippen molar-refractivity contribution in [1.29, 1.82) is 0 Å². The average Bonchev–Trinajstić information content (AvgIpc) is 2.16. The number of aliphatic imine (C=N–C) groups is 1. The quantitative estimate of drug-likeness (QED) is 0.457. The zero-order chi connectivity index (χ0) is 9.68. The third-order valence-corrected chi connectivity index (χ3v) is 2.53. The van der Waals surface area contributed by atoms with E-state index in [1.54, 1.807) is 19.2 Å². The molecule has 0 fully saturated rings. The van der Waals surface area contributed by atoms with E-state index in [0.29, 0.717) is 11.6 Å². The summed E-state index contributed by atoms with van der Waals surface area (Å²) < 4.78 is 12.5. The smallest absolute Gasteiger partial charge is 0.123 e. The molecule has 0 aliphatic carbocycles. The molecule has 0 aliphatic rings. The lowest BCUT2D eigenvalue weighted by Crippen LogP contribution is -2.13. The van der Waals surface area contributed by atoms with Crippen molar-refractivity contribution < 1.29 is 4.39 Å². The van der Waals surface area contributed by atoms with Gasteiger partial charge in [-0.05, 0) is 24.3 Å². The fourth-order valence-electron chi connectivity index (χ4n) is 0.753. The summed E-state index contributed by atoms with van der Waals surface area (Å²) in [5.41, 5.74) is 5.51. The van der Waals surface area contributed by atoms with Gasteiger partial charge in [-0.15, -0.1) is 11.8 Å². The predicted octanol–water partition coefficient (Wildman–Crippen LogP) is 1.90. The zero-order valence-corrected chi connectivity index (χ0v) is 8.14. The molecule has 0 aliphatic heterocycles. The molecule has 1 aromatic rings. The normalized spacial score (nSPS) is 11.7. The number of hydrogen-bond acceptors (Lipinski definition) is 2. The molecule has 70 valence electrons. The monoisotopic (exact) mass is 198 g/mol. The molecule has 1 aromatic carbocycles. The number of halogens is 1. The van der Waals surface area contributed by atoms with E-state index in [1.165, 1.54) is 23.9 Å². The third-order valence-electron chi connectivity index (χ3n) is 1.49. The van der Waals surface area contributed by atoms with Gasteiger partial charge < -0.3 is 5.73 Å². The van der Waals surface area contributed by atoms with Gasteiger partial charge in [-0.25, -0.2) is 4.39 Å². The second kappa shape index (κ2) is 4.87. The minimum Gasteiger partial charge on any atom is -0.387 e. The fourth-order valence-corrected chi connectivity index (χ4v) is 1.52. The number of amidine groups is 1. The number of thioether (sulfide) groups is 1. The Morgan fingerprint density at radius 2 is 2.08 bits per heavy atom. The molecule has 0 saturated carbocycles. The maximum absolute atomic E-state index is 12.5. The summed E-state index contributed by atoms with van der Waals surface area (Å²) in [5.74, 6) is 1.01. The van der Waals surface area contributed by atoms with Gasteiger partial charge >= 0.3 is 0 Å². The van der Waals surface area contributed by atoms with Crippen LogP contribution in [-0.4, -0.2) is 18.6 Å². The molecule has 0 amide bonds. The second-order valence-corrected chi connectivity index (χ2v) is 3.51. The number of nitrogens with two attached hydrogens (primary N) is 1. The summed E-state index contributed by atoms with van der Waals surface area (Å²) in [6.45, 7) is 0. The highest BCUT2D eigenvalue weighted by atomic mass is 32.2. The van der Waals surface area contributed by atoms with Crippen molar-refractivity contribution in [1.82, 2.24) is 0 Å². The first-order valence-electron chi connectivity index (χ1n) is 3.82. The molecule has 0 aromatic heterocycles. The summed E-state index contributed by atoms with van der Waals surface area (Å²) in [6.07, 6.45) is 0. The first kappa shape index (κ1) is 10.1. The van der Waals surface area contributed by atoms with E-state index in [2.05, 4.69) is 4.99 Å². The summed E-state index contributed by atoms with van der Waals surface area (Å²) in [5, 5.41) is 0. The topological polar surface area (TPSA) is 38.4 Å². The van der Waals surface area contributed by atoms with Crippen molar-refractivity contribution in [2.75, 3.05) is 12.8 Å². The number of hydrogen-bond donors (Lipinski definition) is 1. The van der Waals surface area contributed by atoms with Gasteiger partial charge in [0.15, 0.2) is 0 Å². The Balaban J connectivity index is 2.51. The lowest BCUT2D eigenvalue weighted by Gasteiger charge is -1.99. The van der Waals surface area contributed by atoms with Crippen LogP contribution in [0.1, 0.15) is 0 Å². The van der Waals surface area contributed by atoms with Crippen molar-refractivity contribution >= 4 is 17.6 Å². The molecule has 0 unspecified atom stereocenters. The maximum Gasteiger partial charge on any atom is 0.123 e. The molecular formula is C9H11FN2S. The second-order valence-electron chi connectivity index (χ2n) is 2.46. The van der Waals surface area contributed by atoms with E-state index in [4.69, 9.17) is 5.73 Å². The lowest BCUT2D eigenvalue weighted by atomic mass is 10.4. The van der Waals surface area contributed by atoms with Gasteiger partial charge in [0.2, 0.25) is 0 Å². The highest BCUT2D eigenvalue weighted by Crippen LogP contribution is 2.17. The molecular weight excluding hydrogens is 187 g/mol. The number of nitrogens with zero attached hydrogens (tertiary/aromatic N) is 1. The van der Waals surface area contributed by atoms with Crippen molar-refractivity contribution in [3.8, 4) is 0 Å². The van der Waals surface area contributed by atoms with Crippen molar-refractivity contribution in [2.45, 2.75) is 4.90 Å². The molecule has 0 heterocycles. The van der Waals surface area contributed by atoms with Crippen LogP contribution in [0.4, 0.5) is 4.39 Å². The van der Waals surface area contributed by atoms with Crippen LogP contribution in [0.15, 0.2) is 34.2 Å². The minimum absolute atomic E-state index is 0.221. The first-order chi connectivity index (χ1) is 6.22. The molecule has 4 heteroatoms. The Bertz CT molecular complexity index is 295. The third kappa shape index (κ3) is 3.46. The van der Waals surface area contributed by atoms with Crippen LogP contribution in [0.25, 0.3) is 0 Å².